The number of benzene rings is 2. The fourth-order valence-electron chi connectivity index (χ4n) is 4.06. The quantitative estimate of drug-likeness (QED) is 0.600. The van der Waals surface area contributed by atoms with Crippen molar-refractivity contribution in [3.63, 3.8) is 0 Å². The third-order valence-electron chi connectivity index (χ3n) is 5.36. The molecule has 0 aliphatic carbocycles. The van der Waals surface area contributed by atoms with E-state index in [9.17, 15) is 18.0 Å². The van der Waals surface area contributed by atoms with Crippen LogP contribution in [0.4, 0.5) is 18.9 Å². The van der Waals surface area contributed by atoms with Crippen LogP contribution in [-0.2, 0) is 10.2 Å². The van der Waals surface area contributed by atoms with Crippen LogP contribution in [0.1, 0.15) is 50.8 Å². The molecule has 3 rings (SSSR count). The van der Waals surface area contributed by atoms with E-state index in [1.807, 2.05) is 53.7 Å². The number of hydrogen-bond acceptors (Lipinski definition) is 2. The van der Waals surface area contributed by atoms with Gasteiger partial charge in [0, 0.05) is 29.1 Å². The number of anilines is 1. The van der Waals surface area contributed by atoms with E-state index in [1.54, 1.807) is 17.0 Å². The summed E-state index contributed by atoms with van der Waals surface area (Å²) >= 11 is 0. The van der Waals surface area contributed by atoms with E-state index in [0.717, 1.165) is 22.4 Å². The Labute approximate surface area is 169 Å². The van der Waals surface area contributed by atoms with E-state index in [4.69, 9.17) is 0 Å². The number of alkyl halides is 3. The second-order valence-corrected chi connectivity index (χ2v) is 8.65. The van der Waals surface area contributed by atoms with E-state index in [1.165, 1.54) is 6.07 Å². The predicted octanol–water partition coefficient (Wildman–Crippen LogP) is 6.29. The maximum absolute atomic E-state index is 13.0. The minimum absolute atomic E-state index is 0.0170. The Morgan fingerprint density at radius 1 is 1.07 bits per heavy atom. The Kier molecular flexibility index (Phi) is 5.18. The highest BCUT2D eigenvalue weighted by Crippen LogP contribution is 2.46. The van der Waals surface area contributed by atoms with Crippen LogP contribution in [-0.4, -0.2) is 18.3 Å². The van der Waals surface area contributed by atoms with Crippen LogP contribution in [0.15, 0.2) is 30.3 Å². The van der Waals surface area contributed by atoms with Gasteiger partial charge in [-0.2, -0.15) is 0 Å². The third kappa shape index (κ3) is 4.11. The first-order valence-corrected chi connectivity index (χ1v) is 9.64. The lowest BCUT2D eigenvalue weighted by molar-refractivity contribution is -0.274. The first-order chi connectivity index (χ1) is 13.3. The van der Waals surface area contributed by atoms with Crippen molar-refractivity contribution in [2.75, 3.05) is 4.90 Å². The Balaban J connectivity index is 2.26. The molecule has 1 aliphatic rings. The van der Waals surface area contributed by atoms with Crippen LogP contribution in [0.2, 0.25) is 0 Å². The Morgan fingerprint density at radius 2 is 1.72 bits per heavy atom. The second kappa shape index (κ2) is 7.08. The molecule has 2 aromatic rings. The molecular weight excluding hydrogens is 379 g/mol. The summed E-state index contributed by atoms with van der Waals surface area (Å²) in [6.07, 6.45) is -4.39. The summed E-state index contributed by atoms with van der Waals surface area (Å²) in [7, 11) is 0. The average Bonchev–Trinajstić information content (AvgIpc) is 2.55. The maximum Gasteiger partial charge on any atom is 0.573 e. The molecule has 0 radical (unpaired) electrons. The fraction of sp³-hybridized carbons (Fsp3) is 0.435. The topological polar surface area (TPSA) is 29.5 Å². The largest absolute Gasteiger partial charge is 0.573 e. The number of carbonyl (C=O) groups is 1. The van der Waals surface area contributed by atoms with Gasteiger partial charge in [0.1, 0.15) is 5.75 Å². The van der Waals surface area contributed by atoms with Crippen molar-refractivity contribution in [1.82, 2.24) is 0 Å². The molecule has 3 nitrogen and oxygen atoms in total. The molecule has 0 atom stereocenters. The number of hydrogen-bond donors (Lipinski definition) is 0. The molecular formula is C23H26F3NO2. The molecule has 0 N–H and O–H groups in total. The van der Waals surface area contributed by atoms with Crippen LogP contribution >= 0.6 is 0 Å². The summed E-state index contributed by atoms with van der Waals surface area (Å²) < 4.78 is 43.2. The van der Waals surface area contributed by atoms with Crippen molar-refractivity contribution in [2.24, 2.45) is 0 Å². The van der Waals surface area contributed by atoms with Gasteiger partial charge in [-0.25, -0.2) is 0 Å². The zero-order valence-electron chi connectivity index (χ0n) is 17.6. The van der Waals surface area contributed by atoms with Crippen molar-refractivity contribution >= 4 is 11.6 Å². The minimum atomic E-state index is -4.78. The first-order valence-electron chi connectivity index (χ1n) is 9.64. The monoisotopic (exact) mass is 405 g/mol. The van der Waals surface area contributed by atoms with Crippen LogP contribution in [0, 0.1) is 13.8 Å². The summed E-state index contributed by atoms with van der Waals surface area (Å²) in [5.41, 5.74) is 4.08. The highest BCUT2D eigenvalue weighted by molar-refractivity contribution is 5.99. The van der Waals surface area contributed by atoms with Crippen molar-refractivity contribution in [3.05, 3.63) is 47.0 Å². The van der Waals surface area contributed by atoms with Gasteiger partial charge < -0.3 is 9.64 Å². The molecule has 29 heavy (non-hydrogen) atoms. The van der Waals surface area contributed by atoms with Gasteiger partial charge in [0.15, 0.2) is 0 Å². The number of fused-ring (bicyclic) bond motifs is 1. The summed E-state index contributed by atoms with van der Waals surface area (Å²) in [5.74, 6) is -0.230. The van der Waals surface area contributed by atoms with E-state index in [2.05, 4.69) is 4.74 Å². The van der Waals surface area contributed by atoms with E-state index >= 15 is 0 Å². The lowest BCUT2D eigenvalue weighted by atomic mass is 9.75. The van der Waals surface area contributed by atoms with Gasteiger partial charge in [-0.05, 0) is 62.6 Å². The number of rotatable bonds is 3. The van der Waals surface area contributed by atoms with Crippen molar-refractivity contribution in [2.45, 2.75) is 65.8 Å². The van der Waals surface area contributed by atoms with Crippen molar-refractivity contribution in [3.8, 4) is 16.9 Å². The summed E-state index contributed by atoms with van der Waals surface area (Å²) in [5, 5.41) is 0. The van der Waals surface area contributed by atoms with Gasteiger partial charge in [0.25, 0.3) is 0 Å². The number of amides is 1. The Hall–Kier alpha value is -2.50. The predicted molar refractivity (Wildman–Crippen MR) is 108 cm³/mol. The molecule has 0 saturated carbocycles. The van der Waals surface area contributed by atoms with Crippen LogP contribution in [0.25, 0.3) is 11.1 Å². The second-order valence-electron chi connectivity index (χ2n) is 8.65. The molecule has 0 spiro atoms. The van der Waals surface area contributed by atoms with Gasteiger partial charge in [-0.1, -0.05) is 31.5 Å². The highest BCUT2D eigenvalue weighted by Gasteiger charge is 2.38. The Morgan fingerprint density at radius 3 is 2.31 bits per heavy atom. The van der Waals surface area contributed by atoms with Gasteiger partial charge >= 0.3 is 6.36 Å². The maximum atomic E-state index is 13.0. The normalized spacial score (nSPS) is 16.2. The van der Waals surface area contributed by atoms with Crippen molar-refractivity contribution < 1.29 is 22.7 Å². The molecule has 1 heterocycles. The van der Waals surface area contributed by atoms with Gasteiger partial charge in [0.2, 0.25) is 5.91 Å². The minimum Gasteiger partial charge on any atom is -0.405 e. The van der Waals surface area contributed by atoms with Gasteiger partial charge in [-0.3, -0.25) is 4.79 Å². The molecule has 156 valence electrons. The number of carbonyl (C=O) groups excluding carboxylic acids is 1. The van der Waals surface area contributed by atoms with Crippen molar-refractivity contribution in [1.29, 1.82) is 0 Å². The van der Waals surface area contributed by atoms with E-state index in [0.29, 0.717) is 17.5 Å². The molecule has 2 aromatic carbocycles. The number of ether oxygens (including phenoxy) is 1. The molecule has 0 saturated heterocycles. The molecule has 0 fully saturated rings. The molecule has 1 aliphatic heterocycles. The molecule has 1 amide bonds. The molecule has 6 heteroatoms. The Bertz CT molecular complexity index is 961. The number of nitrogens with zero attached hydrogens (tertiary/aromatic N) is 1. The lowest BCUT2D eigenvalue weighted by Crippen LogP contribution is -2.45. The summed E-state index contributed by atoms with van der Waals surface area (Å²) in [6.45, 7) is 11.6. The smallest absolute Gasteiger partial charge is 0.405 e. The standard InChI is InChI=1S/C23H26F3NO2/c1-13(2)27-19-11-16(15(4)10-18(19)22(5,6)12-21(27)28)17-9-14(3)7-8-20(17)29-23(24,25)26/h7-11,13H,12H2,1-6H3. The van der Waals surface area contributed by atoms with E-state index < -0.39 is 6.36 Å². The zero-order valence-corrected chi connectivity index (χ0v) is 17.6. The van der Waals surface area contributed by atoms with Crippen LogP contribution < -0.4 is 9.64 Å². The third-order valence-corrected chi connectivity index (χ3v) is 5.36. The van der Waals surface area contributed by atoms with E-state index in [-0.39, 0.29) is 23.1 Å². The lowest BCUT2D eigenvalue weighted by Gasteiger charge is -2.41. The van der Waals surface area contributed by atoms with Gasteiger partial charge in [0.05, 0.1) is 0 Å². The van der Waals surface area contributed by atoms with Crippen LogP contribution in [0.3, 0.4) is 0 Å². The molecule has 0 unspecified atom stereocenters. The van der Waals surface area contributed by atoms with Crippen LogP contribution in [0.5, 0.6) is 5.75 Å². The highest BCUT2D eigenvalue weighted by atomic mass is 19.4. The first kappa shape index (κ1) is 21.2. The molecule has 0 aromatic heterocycles. The molecule has 0 bridgehead atoms. The summed E-state index contributed by atoms with van der Waals surface area (Å²) in [6, 6.07) is 8.38. The average molecular weight is 405 g/mol. The number of aryl methyl sites for hydroxylation is 2. The summed E-state index contributed by atoms with van der Waals surface area (Å²) in [4.78, 5) is 14.5. The SMILES string of the molecule is Cc1ccc(OC(F)(F)F)c(-c2cc3c(cc2C)C(C)(C)CC(=O)N3C(C)C)c1. The number of halogens is 3. The zero-order chi connectivity index (χ0) is 21.7. The fourth-order valence-corrected chi connectivity index (χ4v) is 4.06. The van der Waals surface area contributed by atoms with Gasteiger partial charge in [-0.15, -0.1) is 13.2 Å².